The van der Waals surface area contributed by atoms with Crippen LogP contribution >= 0.6 is 15.9 Å². The number of hydrogen-bond donors (Lipinski definition) is 0. The zero-order valence-electron chi connectivity index (χ0n) is 11.6. The van der Waals surface area contributed by atoms with Crippen molar-refractivity contribution in [2.75, 3.05) is 11.9 Å². The van der Waals surface area contributed by atoms with Crippen molar-refractivity contribution in [3.8, 4) is 0 Å². The summed E-state index contributed by atoms with van der Waals surface area (Å²) in [6.07, 6.45) is 5.48. The Morgan fingerprint density at radius 2 is 2.21 bits per heavy atom. The molecule has 0 bridgehead atoms. The predicted octanol–water partition coefficient (Wildman–Crippen LogP) is 4.03. The lowest BCUT2D eigenvalue weighted by molar-refractivity contribution is 0.0729. The van der Waals surface area contributed by atoms with Gasteiger partial charge < -0.3 is 4.90 Å². The molecule has 0 N–H and O–H groups in total. The normalized spacial score (nSPS) is 18.8. The van der Waals surface area contributed by atoms with E-state index in [9.17, 15) is 4.79 Å². The Morgan fingerprint density at radius 3 is 2.95 bits per heavy atom. The molecule has 0 spiro atoms. The van der Waals surface area contributed by atoms with Crippen molar-refractivity contribution in [2.24, 2.45) is 0 Å². The van der Waals surface area contributed by atoms with E-state index in [0.29, 0.717) is 6.04 Å². The van der Waals surface area contributed by atoms with E-state index in [4.69, 9.17) is 0 Å². The van der Waals surface area contributed by atoms with E-state index in [-0.39, 0.29) is 5.91 Å². The van der Waals surface area contributed by atoms with Gasteiger partial charge in [-0.15, -0.1) is 0 Å². The molecule has 0 aliphatic carbocycles. The Balaban J connectivity index is 2.13. The maximum atomic E-state index is 12.7. The topological polar surface area (TPSA) is 20.3 Å². The zero-order valence-corrected chi connectivity index (χ0v) is 13.2. The largest absolute Gasteiger partial charge is 0.336 e. The van der Waals surface area contributed by atoms with E-state index < -0.39 is 0 Å². The van der Waals surface area contributed by atoms with E-state index in [1.54, 1.807) is 0 Å². The van der Waals surface area contributed by atoms with Crippen LogP contribution in [-0.4, -0.2) is 28.7 Å². The lowest BCUT2D eigenvalue weighted by Gasteiger charge is -2.25. The van der Waals surface area contributed by atoms with Crippen molar-refractivity contribution in [2.45, 2.75) is 45.1 Å². The van der Waals surface area contributed by atoms with Crippen LogP contribution in [0.1, 0.15) is 48.5 Å². The van der Waals surface area contributed by atoms with Gasteiger partial charge in [0, 0.05) is 23.5 Å². The highest BCUT2D eigenvalue weighted by atomic mass is 79.9. The van der Waals surface area contributed by atoms with Crippen LogP contribution in [0.3, 0.4) is 0 Å². The first-order valence-electron chi connectivity index (χ1n) is 7.22. The van der Waals surface area contributed by atoms with Crippen LogP contribution in [0.5, 0.6) is 0 Å². The van der Waals surface area contributed by atoms with Gasteiger partial charge in [0.1, 0.15) is 0 Å². The van der Waals surface area contributed by atoms with Gasteiger partial charge in [0.2, 0.25) is 0 Å². The Kier molecular flexibility index (Phi) is 5.44. The van der Waals surface area contributed by atoms with E-state index in [1.165, 1.54) is 5.56 Å². The molecule has 104 valence electrons. The number of carbonyl (C=O) groups excluding carboxylic acids is 1. The molecule has 3 heteroatoms. The Hall–Kier alpha value is -0.830. The van der Waals surface area contributed by atoms with Crippen molar-refractivity contribution in [1.82, 2.24) is 4.90 Å². The number of hydrogen-bond acceptors (Lipinski definition) is 1. The number of amides is 1. The second kappa shape index (κ2) is 7.09. The molecule has 1 aliphatic heterocycles. The number of likely N-dealkylation sites (tertiary alicyclic amines) is 1. The van der Waals surface area contributed by atoms with Gasteiger partial charge in [-0.2, -0.15) is 0 Å². The second-order valence-electron chi connectivity index (χ2n) is 5.14. The number of aryl methyl sites for hydroxylation is 1. The van der Waals surface area contributed by atoms with Crippen LogP contribution in [0, 0.1) is 0 Å². The first-order chi connectivity index (χ1) is 9.27. The molecule has 1 saturated heterocycles. The molecular weight excluding hydrogens is 302 g/mol. The highest BCUT2D eigenvalue weighted by Crippen LogP contribution is 2.25. The van der Waals surface area contributed by atoms with Crippen molar-refractivity contribution >= 4 is 21.8 Å². The van der Waals surface area contributed by atoms with Crippen molar-refractivity contribution < 1.29 is 4.79 Å². The lowest BCUT2D eigenvalue weighted by Crippen LogP contribution is -2.36. The van der Waals surface area contributed by atoms with Crippen molar-refractivity contribution in [3.63, 3.8) is 0 Å². The average molecular weight is 324 g/mol. The molecule has 1 aromatic carbocycles. The highest BCUT2D eigenvalue weighted by molar-refractivity contribution is 9.09. The molecule has 2 nitrogen and oxygen atoms in total. The summed E-state index contributed by atoms with van der Waals surface area (Å²) < 4.78 is 0. The maximum Gasteiger partial charge on any atom is 0.254 e. The number of halogens is 1. The molecule has 0 aromatic heterocycles. The standard InChI is InChI=1S/C16H22BrNO/c1-2-13-7-3-4-10-15(13)16(19)18-12-6-9-14(18)8-5-11-17/h3-4,7,10,14H,2,5-6,8-9,11-12H2,1H3. The van der Waals surface area contributed by atoms with Crippen LogP contribution in [0.25, 0.3) is 0 Å². The molecule has 1 fully saturated rings. The van der Waals surface area contributed by atoms with Crippen molar-refractivity contribution in [1.29, 1.82) is 0 Å². The minimum Gasteiger partial charge on any atom is -0.336 e. The van der Waals surface area contributed by atoms with Crippen LogP contribution in [0.2, 0.25) is 0 Å². The minimum atomic E-state index is 0.231. The SMILES string of the molecule is CCc1ccccc1C(=O)N1CCCC1CCCBr. The average Bonchev–Trinajstić information content (AvgIpc) is 2.92. The monoisotopic (exact) mass is 323 g/mol. The summed E-state index contributed by atoms with van der Waals surface area (Å²) in [6, 6.07) is 8.46. The fraction of sp³-hybridized carbons (Fsp3) is 0.562. The summed E-state index contributed by atoms with van der Waals surface area (Å²) in [6.45, 7) is 3.03. The van der Waals surface area contributed by atoms with E-state index in [2.05, 4.69) is 33.8 Å². The third kappa shape index (κ3) is 3.38. The summed E-state index contributed by atoms with van der Waals surface area (Å²) in [4.78, 5) is 14.8. The zero-order chi connectivity index (χ0) is 13.7. The lowest BCUT2D eigenvalue weighted by atomic mass is 10.0. The first-order valence-corrected chi connectivity index (χ1v) is 8.35. The summed E-state index contributed by atoms with van der Waals surface area (Å²) in [5.74, 6) is 0.231. The molecule has 1 heterocycles. The predicted molar refractivity (Wildman–Crippen MR) is 82.9 cm³/mol. The Labute approximate surface area is 124 Å². The van der Waals surface area contributed by atoms with E-state index in [0.717, 1.165) is 49.5 Å². The third-order valence-electron chi connectivity index (χ3n) is 3.94. The number of alkyl halides is 1. The molecule has 1 unspecified atom stereocenters. The minimum absolute atomic E-state index is 0.231. The molecule has 1 aliphatic rings. The summed E-state index contributed by atoms with van der Waals surface area (Å²) >= 11 is 3.48. The molecule has 1 aromatic rings. The van der Waals surface area contributed by atoms with E-state index >= 15 is 0 Å². The molecular formula is C16H22BrNO. The number of nitrogens with zero attached hydrogens (tertiary/aromatic N) is 1. The van der Waals surface area contributed by atoms with Crippen LogP contribution in [0.4, 0.5) is 0 Å². The second-order valence-corrected chi connectivity index (χ2v) is 5.93. The fourth-order valence-corrected chi connectivity index (χ4v) is 3.23. The molecule has 19 heavy (non-hydrogen) atoms. The molecule has 1 atom stereocenters. The van der Waals surface area contributed by atoms with Crippen LogP contribution < -0.4 is 0 Å². The number of rotatable bonds is 5. The van der Waals surface area contributed by atoms with Crippen LogP contribution in [0.15, 0.2) is 24.3 Å². The first kappa shape index (κ1) is 14.6. The maximum absolute atomic E-state index is 12.7. The number of benzene rings is 1. The summed E-state index contributed by atoms with van der Waals surface area (Å²) in [5.41, 5.74) is 2.06. The smallest absolute Gasteiger partial charge is 0.254 e. The van der Waals surface area contributed by atoms with Gasteiger partial charge in [-0.1, -0.05) is 41.1 Å². The van der Waals surface area contributed by atoms with Gasteiger partial charge in [0.05, 0.1) is 0 Å². The van der Waals surface area contributed by atoms with Gasteiger partial charge in [0.25, 0.3) is 5.91 Å². The van der Waals surface area contributed by atoms with Gasteiger partial charge in [-0.25, -0.2) is 0 Å². The third-order valence-corrected chi connectivity index (χ3v) is 4.50. The van der Waals surface area contributed by atoms with Gasteiger partial charge in [-0.05, 0) is 43.7 Å². The quantitative estimate of drug-likeness (QED) is 0.749. The fourth-order valence-electron chi connectivity index (χ4n) is 2.91. The molecule has 0 radical (unpaired) electrons. The van der Waals surface area contributed by atoms with Gasteiger partial charge >= 0.3 is 0 Å². The summed E-state index contributed by atoms with van der Waals surface area (Å²) in [5, 5.41) is 1.02. The molecule has 2 rings (SSSR count). The Morgan fingerprint density at radius 1 is 1.42 bits per heavy atom. The van der Waals surface area contributed by atoms with Crippen LogP contribution in [-0.2, 0) is 6.42 Å². The molecule has 0 saturated carbocycles. The van der Waals surface area contributed by atoms with Gasteiger partial charge in [0.15, 0.2) is 0 Å². The molecule has 1 amide bonds. The Bertz CT molecular complexity index is 433. The van der Waals surface area contributed by atoms with Crippen molar-refractivity contribution in [3.05, 3.63) is 35.4 Å². The summed E-state index contributed by atoms with van der Waals surface area (Å²) in [7, 11) is 0. The highest BCUT2D eigenvalue weighted by Gasteiger charge is 2.29. The van der Waals surface area contributed by atoms with E-state index in [1.807, 2.05) is 18.2 Å². The van der Waals surface area contributed by atoms with Gasteiger partial charge in [-0.3, -0.25) is 4.79 Å². The number of carbonyl (C=O) groups is 1.